The van der Waals surface area contributed by atoms with Gasteiger partial charge in [-0.15, -0.1) is 11.3 Å². The average Bonchev–Trinajstić information content (AvgIpc) is 3.37. The van der Waals surface area contributed by atoms with Crippen LogP contribution in [-0.2, 0) is 0 Å². The molecule has 30 heavy (non-hydrogen) atoms. The van der Waals surface area contributed by atoms with E-state index in [1.165, 1.54) is 22.5 Å². The van der Waals surface area contributed by atoms with Gasteiger partial charge >= 0.3 is 6.11 Å². The predicted octanol–water partition coefficient (Wildman–Crippen LogP) is 3.35. The summed E-state index contributed by atoms with van der Waals surface area (Å²) in [7, 11) is 0. The number of piperidine rings is 1. The Morgan fingerprint density at radius 1 is 1.27 bits per heavy atom. The van der Waals surface area contributed by atoms with E-state index in [2.05, 4.69) is 9.97 Å². The van der Waals surface area contributed by atoms with Crippen LogP contribution in [0.25, 0.3) is 21.7 Å². The van der Waals surface area contributed by atoms with Crippen molar-refractivity contribution in [2.24, 2.45) is 0 Å². The summed E-state index contributed by atoms with van der Waals surface area (Å²) in [5.41, 5.74) is -1.37. The lowest BCUT2D eigenvalue weighted by Gasteiger charge is -2.52. The first-order valence-electron chi connectivity index (χ1n) is 9.49. The number of hydrogen-bond donors (Lipinski definition) is 2. The van der Waals surface area contributed by atoms with E-state index >= 15 is 0 Å². The number of oxazole rings is 1. The van der Waals surface area contributed by atoms with E-state index in [9.17, 15) is 19.1 Å². The third kappa shape index (κ3) is 3.04. The second-order valence-electron chi connectivity index (χ2n) is 8.13. The summed E-state index contributed by atoms with van der Waals surface area (Å²) in [6.45, 7) is 2.98. The maximum absolute atomic E-state index is 14.4. The van der Waals surface area contributed by atoms with Crippen LogP contribution in [0.3, 0.4) is 0 Å². The van der Waals surface area contributed by atoms with Crippen LogP contribution < -0.4 is 9.64 Å². The zero-order chi connectivity index (χ0) is 21.3. The van der Waals surface area contributed by atoms with Gasteiger partial charge in [-0.3, -0.25) is 0 Å². The number of nitrogens with zero attached hydrogens (tertiary/aromatic N) is 4. The molecular weight excluding hydrogens is 418 g/mol. The number of hydroxylamine groups is 2. The van der Waals surface area contributed by atoms with Crippen molar-refractivity contribution in [2.45, 2.75) is 44.1 Å². The largest absolute Gasteiger partial charge is 0.428 e. The first-order chi connectivity index (χ1) is 14.1. The molecule has 3 saturated heterocycles. The summed E-state index contributed by atoms with van der Waals surface area (Å²) >= 11 is 1.39. The highest BCUT2D eigenvalue weighted by Gasteiger charge is 2.49. The molecule has 1 aromatic carbocycles. The fraction of sp³-hybridized carbons (Fsp3) is 0.474. The molecule has 0 radical (unpaired) electrons. The maximum atomic E-state index is 14.4. The van der Waals surface area contributed by atoms with Gasteiger partial charge in [-0.1, -0.05) is 0 Å². The van der Waals surface area contributed by atoms with E-state index in [4.69, 9.17) is 9.15 Å². The number of fused-ring (bicyclic) bond motifs is 3. The fourth-order valence-corrected chi connectivity index (χ4v) is 4.38. The minimum absolute atomic E-state index is 0.00700. The molecular formula is C19H20F2N4O4S. The van der Waals surface area contributed by atoms with Crippen molar-refractivity contribution in [3.05, 3.63) is 23.7 Å². The first-order valence-corrected chi connectivity index (χ1v) is 10.4. The fourth-order valence-electron chi connectivity index (χ4n) is 3.72. The lowest BCUT2D eigenvalue weighted by molar-refractivity contribution is -0.275. The van der Waals surface area contributed by atoms with E-state index in [1.54, 1.807) is 17.6 Å². The lowest BCUT2D eigenvalue weighted by atomic mass is 9.91. The van der Waals surface area contributed by atoms with E-state index in [0.29, 0.717) is 23.7 Å². The number of anilines is 1. The number of aromatic nitrogens is 2. The van der Waals surface area contributed by atoms with Crippen molar-refractivity contribution in [3.8, 4) is 16.3 Å². The number of thiazole rings is 1. The van der Waals surface area contributed by atoms with Gasteiger partial charge in [0.05, 0.1) is 17.6 Å². The Balaban J connectivity index is 1.58. The second-order valence-corrected chi connectivity index (χ2v) is 9.02. The SMILES string of the molecule is CC(C)(O)C(F)(F)Oc1ccc(-c2nccs2)c2oc(N3CC4CC(C3)N4O)nc12. The highest BCUT2D eigenvalue weighted by atomic mass is 32.1. The molecule has 0 amide bonds. The Morgan fingerprint density at radius 2 is 2.00 bits per heavy atom. The average molecular weight is 438 g/mol. The molecule has 3 aliphatic heterocycles. The lowest BCUT2D eigenvalue weighted by Crippen LogP contribution is -2.67. The summed E-state index contributed by atoms with van der Waals surface area (Å²) in [5, 5.41) is 23.5. The van der Waals surface area contributed by atoms with Crippen LogP contribution in [-0.4, -0.2) is 62.2 Å². The molecule has 2 bridgehead atoms. The molecule has 8 nitrogen and oxygen atoms in total. The van der Waals surface area contributed by atoms with Crippen molar-refractivity contribution in [2.75, 3.05) is 18.0 Å². The number of alkyl halides is 2. The number of hydrogen-bond acceptors (Lipinski definition) is 9. The van der Waals surface area contributed by atoms with E-state index in [0.717, 1.165) is 20.3 Å². The van der Waals surface area contributed by atoms with Crippen LogP contribution in [0.15, 0.2) is 28.1 Å². The minimum atomic E-state index is -3.84. The molecule has 0 aliphatic carbocycles. The maximum Gasteiger partial charge on any atom is 0.426 e. The molecule has 5 heterocycles. The van der Waals surface area contributed by atoms with Gasteiger partial charge in [-0.2, -0.15) is 18.8 Å². The van der Waals surface area contributed by atoms with Gasteiger partial charge in [-0.05, 0) is 32.4 Å². The summed E-state index contributed by atoms with van der Waals surface area (Å²) in [6.07, 6.45) is -1.31. The van der Waals surface area contributed by atoms with Gasteiger partial charge in [0.1, 0.15) is 5.01 Å². The molecule has 2 N–H and O–H groups in total. The standard InChI is InChI=1S/C19H20F2N4O4S/c1-18(2,26)19(20,21)29-13-4-3-12(16-22-5-6-30-16)15-14(13)23-17(28-15)24-8-10-7-11(9-24)25(10)27/h3-6,10-11,26-27H,7-9H2,1-2H3. The van der Waals surface area contributed by atoms with Crippen LogP contribution >= 0.6 is 11.3 Å². The number of aliphatic hydroxyl groups is 1. The van der Waals surface area contributed by atoms with E-state index in [-0.39, 0.29) is 34.9 Å². The van der Waals surface area contributed by atoms with Crippen LogP contribution in [0, 0.1) is 0 Å². The topological polar surface area (TPSA) is 95.1 Å². The van der Waals surface area contributed by atoms with Crippen LogP contribution in [0.4, 0.5) is 14.8 Å². The molecule has 2 unspecified atom stereocenters. The van der Waals surface area contributed by atoms with Crippen LogP contribution in [0.2, 0.25) is 0 Å². The molecule has 11 heteroatoms. The van der Waals surface area contributed by atoms with Crippen molar-refractivity contribution in [1.82, 2.24) is 15.0 Å². The van der Waals surface area contributed by atoms with Gasteiger partial charge < -0.3 is 24.4 Å². The zero-order valence-electron chi connectivity index (χ0n) is 16.2. The monoisotopic (exact) mass is 438 g/mol. The first kappa shape index (κ1) is 19.6. The van der Waals surface area contributed by atoms with Gasteiger partial charge in [0, 0.05) is 24.7 Å². The number of ether oxygens (including phenoxy) is 1. The van der Waals surface area contributed by atoms with Crippen LogP contribution in [0.5, 0.6) is 5.75 Å². The summed E-state index contributed by atoms with van der Waals surface area (Å²) in [5.74, 6) is -0.196. The molecule has 2 aromatic heterocycles. The summed E-state index contributed by atoms with van der Waals surface area (Å²) in [4.78, 5) is 10.6. The highest BCUT2D eigenvalue weighted by Crippen LogP contribution is 2.42. The van der Waals surface area contributed by atoms with Gasteiger partial charge in [-0.25, -0.2) is 4.98 Å². The summed E-state index contributed by atoms with van der Waals surface area (Å²) < 4.78 is 39.7. The molecule has 6 rings (SSSR count). The summed E-state index contributed by atoms with van der Waals surface area (Å²) in [6, 6.07) is 3.23. The Labute approximate surface area is 174 Å². The number of benzene rings is 1. The Hall–Kier alpha value is -2.34. The third-order valence-electron chi connectivity index (χ3n) is 5.53. The molecule has 3 fully saturated rings. The van der Waals surface area contributed by atoms with Crippen molar-refractivity contribution in [1.29, 1.82) is 0 Å². The van der Waals surface area contributed by atoms with Gasteiger partial charge in [0.2, 0.25) is 0 Å². The van der Waals surface area contributed by atoms with E-state index in [1.807, 2.05) is 4.90 Å². The molecule has 3 aromatic rings. The van der Waals surface area contributed by atoms with Gasteiger partial charge in [0.15, 0.2) is 22.5 Å². The molecule has 0 spiro atoms. The van der Waals surface area contributed by atoms with E-state index < -0.39 is 11.7 Å². The minimum Gasteiger partial charge on any atom is -0.428 e. The normalized spacial score (nSPS) is 22.4. The highest BCUT2D eigenvalue weighted by molar-refractivity contribution is 7.13. The second kappa shape index (κ2) is 6.58. The zero-order valence-corrected chi connectivity index (χ0v) is 17.1. The molecule has 2 atom stereocenters. The number of halogens is 2. The smallest absolute Gasteiger partial charge is 0.426 e. The Kier molecular flexibility index (Phi) is 4.30. The van der Waals surface area contributed by atoms with Crippen molar-refractivity contribution in [3.63, 3.8) is 0 Å². The molecule has 0 saturated carbocycles. The van der Waals surface area contributed by atoms with Gasteiger partial charge in [0.25, 0.3) is 6.01 Å². The molecule has 160 valence electrons. The number of rotatable bonds is 5. The predicted molar refractivity (Wildman–Crippen MR) is 105 cm³/mol. The van der Waals surface area contributed by atoms with Crippen molar-refractivity contribution >= 4 is 28.5 Å². The number of piperazine rings is 1. The van der Waals surface area contributed by atoms with Crippen LogP contribution in [0.1, 0.15) is 20.3 Å². The van der Waals surface area contributed by atoms with Crippen molar-refractivity contribution < 1.29 is 28.2 Å². The molecule has 3 aliphatic rings. The Bertz CT molecular complexity index is 1070. The Morgan fingerprint density at radius 3 is 2.60 bits per heavy atom. The third-order valence-corrected chi connectivity index (χ3v) is 6.34. The quantitative estimate of drug-likeness (QED) is 0.626.